The lowest BCUT2D eigenvalue weighted by Crippen LogP contribution is -2.30. The van der Waals surface area contributed by atoms with Gasteiger partial charge >= 0.3 is 0 Å². The molecule has 1 amide bonds. The number of amides is 1. The van der Waals surface area contributed by atoms with Gasteiger partial charge < -0.3 is 23.7 Å². The van der Waals surface area contributed by atoms with Crippen LogP contribution in [0.2, 0.25) is 0 Å². The molecule has 1 atom stereocenters. The number of rotatable bonds is 10. The number of carbonyl (C=O) groups excluding carboxylic acids is 1. The highest BCUT2D eigenvalue weighted by Crippen LogP contribution is 2.43. The van der Waals surface area contributed by atoms with Crippen LogP contribution in [0.1, 0.15) is 22.5 Å². The third kappa shape index (κ3) is 5.65. The molecule has 158 valence electrons. The highest BCUT2D eigenvalue weighted by atomic mass is 32.2. The molecule has 0 saturated carbocycles. The minimum atomic E-state index is -0.0285. The Bertz CT molecular complexity index is 825. The van der Waals surface area contributed by atoms with E-state index in [2.05, 4.69) is 4.90 Å². The van der Waals surface area contributed by atoms with Gasteiger partial charge in [0.25, 0.3) is 0 Å². The second-order valence-corrected chi connectivity index (χ2v) is 9.19. The van der Waals surface area contributed by atoms with Crippen molar-refractivity contribution in [1.29, 1.82) is 0 Å². The van der Waals surface area contributed by atoms with Crippen molar-refractivity contribution in [3.63, 3.8) is 0 Å². The number of hydrogen-bond donors (Lipinski definition) is 0. The van der Waals surface area contributed by atoms with E-state index < -0.39 is 0 Å². The van der Waals surface area contributed by atoms with Crippen LogP contribution < -0.4 is 9.47 Å². The van der Waals surface area contributed by atoms with E-state index in [0.29, 0.717) is 12.3 Å². The standard InChI is InChI=1S/C21H28N2O4S2/c1-22(2)12-16-5-6-17(27-16)13-28-10-9-23-20(24)14-29-21(23)18-8-7-15(25-3)11-19(18)26-4/h5-8,11,21H,9-10,12-14H2,1-4H3. The topological polar surface area (TPSA) is 55.2 Å². The zero-order valence-electron chi connectivity index (χ0n) is 17.3. The molecular formula is C21H28N2O4S2. The van der Waals surface area contributed by atoms with Crippen LogP contribution in [0.4, 0.5) is 0 Å². The van der Waals surface area contributed by atoms with E-state index in [1.165, 1.54) is 0 Å². The zero-order valence-corrected chi connectivity index (χ0v) is 19.0. The minimum Gasteiger partial charge on any atom is -0.497 e. The Morgan fingerprint density at radius 3 is 2.72 bits per heavy atom. The molecule has 8 heteroatoms. The van der Waals surface area contributed by atoms with E-state index in [0.717, 1.165) is 46.6 Å². The lowest BCUT2D eigenvalue weighted by molar-refractivity contribution is -0.127. The highest BCUT2D eigenvalue weighted by molar-refractivity contribution is 8.00. The molecule has 1 fully saturated rings. The van der Waals surface area contributed by atoms with E-state index in [9.17, 15) is 4.79 Å². The molecule has 1 saturated heterocycles. The van der Waals surface area contributed by atoms with E-state index in [1.807, 2.05) is 49.3 Å². The van der Waals surface area contributed by atoms with E-state index in [4.69, 9.17) is 13.9 Å². The van der Waals surface area contributed by atoms with Crippen LogP contribution in [-0.2, 0) is 17.1 Å². The fourth-order valence-corrected chi connectivity index (χ4v) is 5.28. The molecule has 0 radical (unpaired) electrons. The first-order valence-electron chi connectivity index (χ1n) is 9.45. The number of thioether (sulfide) groups is 2. The monoisotopic (exact) mass is 436 g/mol. The first kappa shape index (κ1) is 21.9. The zero-order chi connectivity index (χ0) is 20.8. The third-order valence-corrected chi connectivity index (χ3v) is 6.78. The molecule has 0 bridgehead atoms. The summed E-state index contributed by atoms with van der Waals surface area (Å²) >= 11 is 3.42. The predicted octanol–water partition coefficient (Wildman–Crippen LogP) is 3.87. The Balaban J connectivity index is 1.57. The first-order valence-corrected chi connectivity index (χ1v) is 11.6. The van der Waals surface area contributed by atoms with Gasteiger partial charge in [-0.15, -0.1) is 11.8 Å². The van der Waals surface area contributed by atoms with Gasteiger partial charge in [0, 0.05) is 23.9 Å². The smallest absolute Gasteiger partial charge is 0.233 e. The number of ether oxygens (including phenoxy) is 2. The molecule has 0 N–H and O–H groups in total. The summed E-state index contributed by atoms with van der Waals surface area (Å²) in [5, 5.41) is -0.0285. The van der Waals surface area contributed by atoms with Crippen molar-refractivity contribution >= 4 is 29.4 Å². The summed E-state index contributed by atoms with van der Waals surface area (Å²) in [6.07, 6.45) is 0. The number of nitrogens with zero attached hydrogens (tertiary/aromatic N) is 2. The quantitative estimate of drug-likeness (QED) is 0.524. The van der Waals surface area contributed by atoms with Gasteiger partial charge in [0.15, 0.2) is 0 Å². The van der Waals surface area contributed by atoms with Crippen molar-refractivity contribution in [1.82, 2.24) is 9.80 Å². The van der Waals surface area contributed by atoms with Gasteiger partial charge in [0.05, 0.1) is 32.3 Å². The molecule has 0 aliphatic carbocycles. The number of hydrogen-bond acceptors (Lipinski definition) is 7. The Morgan fingerprint density at radius 1 is 1.21 bits per heavy atom. The fraction of sp³-hybridized carbons (Fsp3) is 0.476. The number of methoxy groups -OCH3 is 2. The van der Waals surface area contributed by atoms with Crippen molar-refractivity contribution < 1.29 is 18.7 Å². The van der Waals surface area contributed by atoms with Crippen LogP contribution in [0, 0.1) is 0 Å². The maximum absolute atomic E-state index is 12.5. The second kappa shape index (κ2) is 10.3. The van der Waals surface area contributed by atoms with Gasteiger partial charge in [-0.1, -0.05) is 0 Å². The summed E-state index contributed by atoms with van der Waals surface area (Å²) < 4.78 is 16.7. The molecule has 3 rings (SSSR count). The van der Waals surface area contributed by atoms with Crippen LogP contribution >= 0.6 is 23.5 Å². The molecule has 6 nitrogen and oxygen atoms in total. The average molecular weight is 437 g/mol. The molecule has 1 aromatic carbocycles. The predicted molar refractivity (Wildman–Crippen MR) is 119 cm³/mol. The Labute approximate surface area is 180 Å². The van der Waals surface area contributed by atoms with Gasteiger partial charge in [-0.05, 0) is 38.4 Å². The van der Waals surface area contributed by atoms with Gasteiger partial charge in [-0.3, -0.25) is 4.79 Å². The van der Waals surface area contributed by atoms with Gasteiger partial charge in [0.2, 0.25) is 5.91 Å². The van der Waals surface area contributed by atoms with Crippen molar-refractivity contribution in [3.05, 3.63) is 47.4 Å². The summed E-state index contributed by atoms with van der Waals surface area (Å²) in [7, 11) is 7.33. The fourth-order valence-electron chi connectivity index (χ4n) is 3.21. The summed E-state index contributed by atoms with van der Waals surface area (Å²) in [6.45, 7) is 1.50. The molecule has 2 heterocycles. The van der Waals surface area contributed by atoms with Crippen molar-refractivity contribution in [3.8, 4) is 11.5 Å². The van der Waals surface area contributed by atoms with E-state index >= 15 is 0 Å². The molecule has 1 aliphatic heterocycles. The molecule has 29 heavy (non-hydrogen) atoms. The van der Waals surface area contributed by atoms with E-state index in [1.54, 1.807) is 37.7 Å². The molecular weight excluding hydrogens is 408 g/mol. The Morgan fingerprint density at radius 2 is 2.00 bits per heavy atom. The third-order valence-electron chi connectivity index (χ3n) is 4.59. The molecule has 1 aromatic heterocycles. The number of furan rings is 1. The summed E-state index contributed by atoms with van der Waals surface area (Å²) in [5.74, 6) is 5.77. The van der Waals surface area contributed by atoms with Crippen LogP contribution in [0.3, 0.4) is 0 Å². The van der Waals surface area contributed by atoms with Crippen molar-refractivity contribution in [2.45, 2.75) is 17.7 Å². The normalized spacial score (nSPS) is 16.7. The van der Waals surface area contributed by atoms with Gasteiger partial charge in [-0.2, -0.15) is 11.8 Å². The summed E-state index contributed by atoms with van der Waals surface area (Å²) in [5.41, 5.74) is 1.01. The molecule has 1 aliphatic rings. The Hall–Kier alpha value is -1.77. The largest absolute Gasteiger partial charge is 0.497 e. The van der Waals surface area contributed by atoms with Gasteiger partial charge in [0.1, 0.15) is 28.4 Å². The maximum Gasteiger partial charge on any atom is 0.233 e. The highest BCUT2D eigenvalue weighted by Gasteiger charge is 2.34. The molecule has 1 unspecified atom stereocenters. The number of carbonyl (C=O) groups is 1. The van der Waals surface area contributed by atoms with Crippen molar-refractivity contribution in [2.24, 2.45) is 0 Å². The minimum absolute atomic E-state index is 0.0285. The van der Waals surface area contributed by atoms with Crippen LogP contribution in [0.25, 0.3) is 0 Å². The summed E-state index contributed by atoms with van der Waals surface area (Å²) in [4.78, 5) is 16.5. The molecule has 0 spiro atoms. The average Bonchev–Trinajstić information content (AvgIpc) is 3.30. The lowest BCUT2D eigenvalue weighted by Gasteiger charge is -2.25. The first-order chi connectivity index (χ1) is 14.0. The van der Waals surface area contributed by atoms with E-state index in [-0.39, 0.29) is 11.3 Å². The SMILES string of the molecule is COc1ccc(C2SCC(=O)N2CCSCc2ccc(CN(C)C)o2)c(OC)c1. The summed E-state index contributed by atoms with van der Waals surface area (Å²) in [6, 6.07) is 9.84. The Kier molecular flexibility index (Phi) is 7.80. The van der Waals surface area contributed by atoms with Crippen LogP contribution in [0.15, 0.2) is 34.7 Å². The lowest BCUT2D eigenvalue weighted by atomic mass is 10.1. The van der Waals surface area contributed by atoms with Crippen molar-refractivity contribution in [2.75, 3.05) is 46.4 Å². The number of benzene rings is 1. The van der Waals surface area contributed by atoms with Crippen LogP contribution in [-0.4, -0.2) is 62.1 Å². The van der Waals surface area contributed by atoms with Gasteiger partial charge in [-0.25, -0.2) is 0 Å². The molecule has 2 aromatic rings. The van der Waals surface area contributed by atoms with Crippen LogP contribution in [0.5, 0.6) is 11.5 Å². The maximum atomic E-state index is 12.5. The second-order valence-electron chi connectivity index (χ2n) is 7.02.